The second kappa shape index (κ2) is 12.0. The molecular weight excluding hydrogens is 467 g/mol. The summed E-state index contributed by atoms with van der Waals surface area (Å²) in [5.74, 6) is 0.408. The van der Waals surface area contributed by atoms with E-state index in [4.69, 9.17) is 4.74 Å². The third kappa shape index (κ3) is 6.72. The summed E-state index contributed by atoms with van der Waals surface area (Å²) in [5, 5.41) is 3.64. The lowest BCUT2D eigenvalue weighted by Crippen LogP contribution is -2.38. The Morgan fingerprint density at radius 2 is 1.69 bits per heavy atom. The number of unbranched alkanes of at least 4 members (excludes halogenated alkanes) is 1. The zero-order valence-corrected chi connectivity index (χ0v) is 20.9. The molecule has 1 amide bonds. The number of aryl methyl sites for hydroxylation is 1. The van der Waals surface area contributed by atoms with Crippen LogP contribution in [0.15, 0.2) is 42.5 Å². The van der Waals surface area contributed by atoms with E-state index in [1.807, 2.05) is 0 Å². The van der Waals surface area contributed by atoms with Crippen LogP contribution in [0, 0.1) is 12.8 Å². The second-order valence-electron chi connectivity index (χ2n) is 9.80. The van der Waals surface area contributed by atoms with Crippen LogP contribution in [0.5, 0.6) is 0 Å². The standard InChI is InChI=1S/C28H36F3N3O2/c1-21-5-4-7-25(26(21)33-17-19-36-20-18-33)32-14-3-2-6-22-12-15-34(16-13-22)27(35)23-8-10-24(11-9-23)28(29,30)31/h4-5,7-11,22,32H,2-3,6,12-20H2,1H3. The highest BCUT2D eigenvalue weighted by molar-refractivity contribution is 5.94. The van der Waals surface area contributed by atoms with Crippen molar-refractivity contribution in [3.8, 4) is 0 Å². The Hall–Kier alpha value is -2.74. The van der Waals surface area contributed by atoms with Gasteiger partial charge in [-0.1, -0.05) is 25.0 Å². The average Bonchev–Trinajstić information content (AvgIpc) is 2.88. The molecule has 0 bridgehead atoms. The predicted molar refractivity (Wildman–Crippen MR) is 137 cm³/mol. The van der Waals surface area contributed by atoms with Gasteiger partial charge in [0.15, 0.2) is 0 Å². The summed E-state index contributed by atoms with van der Waals surface area (Å²) in [7, 11) is 0. The van der Waals surface area contributed by atoms with Crippen molar-refractivity contribution in [3.05, 3.63) is 59.2 Å². The van der Waals surface area contributed by atoms with Gasteiger partial charge >= 0.3 is 6.18 Å². The minimum Gasteiger partial charge on any atom is -0.383 e. The number of morpholine rings is 1. The Labute approximate surface area is 211 Å². The summed E-state index contributed by atoms with van der Waals surface area (Å²) in [6.07, 6.45) is 0.844. The summed E-state index contributed by atoms with van der Waals surface area (Å²) in [5.41, 5.74) is 3.34. The number of nitrogens with one attached hydrogen (secondary N) is 1. The van der Waals surface area contributed by atoms with E-state index in [2.05, 4.69) is 35.3 Å². The molecule has 2 aliphatic rings. The minimum absolute atomic E-state index is 0.180. The fourth-order valence-corrected chi connectivity index (χ4v) is 5.20. The first kappa shape index (κ1) is 26.3. The van der Waals surface area contributed by atoms with Crippen molar-refractivity contribution in [1.82, 2.24) is 4.90 Å². The van der Waals surface area contributed by atoms with Crippen LogP contribution in [0.3, 0.4) is 0 Å². The van der Waals surface area contributed by atoms with E-state index in [0.717, 1.165) is 77.1 Å². The quantitative estimate of drug-likeness (QED) is 0.450. The number of ether oxygens (including phenoxy) is 1. The monoisotopic (exact) mass is 503 g/mol. The van der Waals surface area contributed by atoms with Gasteiger partial charge in [0.05, 0.1) is 30.2 Å². The van der Waals surface area contributed by atoms with E-state index in [1.165, 1.54) is 29.1 Å². The van der Waals surface area contributed by atoms with Gasteiger partial charge in [0.25, 0.3) is 5.91 Å². The third-order valence-corrected chi connectivity index (χ3v) is 7.28. The van der Waals surface area contributed by atoms with E-state index in [9.17, 15) is 18.0 Å². The fourth-order valence-electron chi connectivity index (χ4n) is 5.20. The lowest BCUT2D eigenvalue weighted by Gasteiger charge is -2.32. The summed E-state index contributed by atoms with van der Waals surface area (Å²) in [6.45, 7) is 7.77. The molecular formula is C28H36F3N3O2. The number of carbonyl (C=O) groups is 1. The van der Waals surface area contributed by atoms with Gasteiger partial charge in [-0.05, 0) is 68.0 Å². The van der Waals surface area contributed by atoms with Crippen molar-refractivity contribution in [3.63, 3.8) is 0 Å². The Morgan fingerprint density at radius 3 is 2.36 bits per heavy atom. The molecule has 36 heavy (non-hydrogen) atoms. The van der Waals surface area contributed by atoms with Crippen molar-refractivity contribution in [2.45, 2.75) is 45.2 Å². The summed E-state index contributed by atoms with van der Waals surface area (Å²) in [4.78, 5) is 16.9. The molecule has 2 saturated heterocycles. The van der Waals surface area contributed by atoms with Crippen LogP contribution in [0.25, 0.3) is 0 Å². The van der Waals surface area contributed by atoms with Crippen LogP contribution in [-0.2, 0) is 10.9 Å². The van der Waals surface area contributed by atoms with Gasteiger partial charge in [-0.15, -0.1) is 0 Å². The number of hydrogen-bond donors (Lipinski definition) is 1. The summed E-state index contributed by atoms with van der Waals surface area (Å²) >= 11 is 0. The lowest BCUT2D eigenvalue weighted by molar-refractivity contribution is -0.137. The van der Waals surface area contributed by atoms with E-state index in [-0.39, 0.29) is 5.91 Å². The Kier molecular flexibility index (Phi) is 8.77. The van der Waals surface area contributed by atoms with Crippen LogP contribution >= 0.6 is 0 Å². The molecule has 8 heteroatoms. The molecule has 4 rings (SSSR count). The molecule has 2 heterocycles. The van der Waals surface area contributed by atoms with Crippen molar-refractivity contribution >= 4 is 17.3 Å². The number of carbonyl (C=O) groups excluding carboxylic acids is 1. The van der Waals surface area contributed by atoms with E-state index >= 15 is 0 Å². The number of likely N-dealkylation sites (tertiary alicyclic amines) is 1. The first-order valence-electron chi connectivity index (χ1n) is 13.0. The van der Waals surface area contributed by atoms with Gasteiger partial charge in [0, 0.05) is 38.3 Å². The SMILES string of the molecule is Cc1cccc(NCCCCC2CCN(C(=O)c3ccc(C(F)(F)F)cc3)CC2)c1N1CCOCC1. The van der Waals surface area contributed by atoms with E-state index in [1.54, 1.807) is 4.90 Å². The number of anilines is 2. The van der Waals surface area contributed by atoms with Crippen molar-refractivity contribution < 1.29 is 22.7 Å². The van der Waals surface area contributed by atoms with Gasteiger partial charge < -0.3 is 19.9 Å². The molecule has 0 aromatic heterocycles. The highest BCUT2D eigenvalue weighted by Gasteiger charge is 2.31. The van der Waals surface area contributed by atoms with E-state index in [0.29, 0.717) is 24.6 Å². The number of amides is 1. The average molecular weight is 504 g/mol. The zero-order chi connectivity index (χ0) is 25.5. The highest BCUT2D eigenvalue weighted by Crippen LogP contribution is 2.31. The van der Waals surface area contributed by atoms with Gasteiger partial charge in [-0.25, -0.2) is 0 Å². The molecule has 0 unspecified atom stereocenters. The number of hydrogen-bond acceptors (Lipinski definition) is 4. The molecule has 0 aliphatic carbocycles. The number of piperidine rings is 1. The van der Waals surface area contributed by atoms with Crippen LogP contribution < -0.4 is 10.2 Å². The molecule has 0 spiro atoms. The maximum Gasteiger partial charge on any atom is 0.416 e. The number of alkyl halides is 3. The zero-order valence-electron chi connectivity index (χ0n) is 20.9. The number of para-hydroxylation sites is 1. The second-order valence-corrected chi connectivity index (χ2v) is 9.80. The first-order valence-corrected chi connectivity index (χ1v) is 13.0. The molecule has 1 N–H and O–H groups in total. The first-order chi connectivity index (χ1) is 17.3. The number of nitrogens with zero attached hydrogens (tertiary/aromatic N) is 2. The molecule has 0 saturated carbocycles. The smallest absolute Gasteiger partial charge is 0.383 e. The number of rotatable bonds is 8. The Morgan fingerprint density at radius 1 is 1.00 bits per heavy atom. The molecule has 2 fully saturated rings. The van der Waals surface area contributed by atoms with Crippen LogP contribution in [0.1, 0.15) is 53.6 Å². The Balaban J connectivity index is 1.17. The summed E-state index contributed by atoms with van der Waals surface area (Å²) < 4.78 is 43.8. The molecule has 5 nitrogen and oxygen atoms in total. The maximum absolute atomic E-state index is 12.8. The van der Waals surface area contributed by atoms with Gasteiger partial charge in [-0.2, -0.15) is 13.2 Å². The van der Waals surface area contributed by atoms with Crippen molar-refractivity contribution in [2.24, 2.45) is 5.92 Å². The van der Waals surface area contributed by atoms with Crippen LogP contribution in [-0.4, -0.2) is 56.7 Å². The minimum atomic E-state index is -4.39. The third-order valence-electron chi connectivity index (χ3n) is 7.28. The predicted octanol–water partition coefficient (Wildman–Crippen LogP) is 5.99. The number of halogens is 3. The number of benzene rings is 2. The molecule has 2 aliphatic heterocycles. The van der Waals surface area contributed by atoms with E-state index < -0.39 is 11.7 Å². The summed E-state index contributed by atoms with van der Waals surface area (Å²) in [6, 6.07) is 10.9. The highest BCUT2D eigenvalue weighted by atomic mass is 19.4. The van der Waals surface area contributed by atoms with Gasteiger partial charge in [0.2, 0.25) is 0 Å². The topological polar surface area (TPSA) is 44.8 Å². The largest absolute Gasteiger partial charge is 0.416 e. The van der Waals surface area contributed by atoms with Crippen molar-refractivity contribution in [2.75, 3.05) is 56.2 Å². The maximum atomic E-state index is 12.8. The lowest BCUT2D eigenvalue weighted by atomic mass is 9.91. The van der Waals surface area contributed by atoms with Crippen molar-refractivity contribution in [1.29, 1.82) is 0 Å². The molecule has 0 radical (unpaired) electrons. The fraction of sp³-hybridized carbons (Fsp3) is 0.536. The normalized spacial score (nSPS) is 17.3. The van der Waals surface area contributed by atoms with Crippen LogP contribution in [0.2, 0.25) is 0 Å². The van der Waals surface area contributed by atoms with Gasteiger partial charge in [-0.3, -0.25) is 4.79 Å². The van der Waals surface area contributed by atoms with Gasteiger partial charge in [0.1, 0.15) is 0 Å². The van der Waals surface area contributed by atoms with Crippen LogP contribution in [0.4, 0.5) is 24.5 Å². The molecule has 2 aromatic rings. The molecule has 2 aromatic carbocycles. The Bertz CT molecular complexity index is 996. The molecule has 196 valence electrons. The molecule has 0 atom stereocenters.